The van der Waals surface area contributed by atoms with E-state index in [2.05, 4.69) is 20.7 Å². The smallest absolute Gasteiger partial charge is 0.193 e. The molecule has 0 aliphatic carbocycles. The van der Waals surface area contributed by atoms with Crippen molar-refractivity contribution in [3.8, 4) is 11.5 Å². The third-order valence-corrected chi connectivity index (χ3v) is 4.39. The van der Waals surface area contributed by atoms with Crippen LogP contribution in [0.4, 0.5) is 0 Å². The molecule has 6 nitrogen and oxygen atoms in total. The lowest BCUT2D eigenvalue weighted by Crippen LogP contribution is -2.42. The molecule has 0 bridgehead atoms. The van der Waals surface area contributed by atoms with Crippen LogP contribution in [0, 0.1) is 6.92 Å². The van der Waals surface area contributed by atoms with E-state index in [0.717, 1.165) is 34.7 Å². The Morgan fingerprint density at radius 1 is 1.38 bits per heavy atom. The summed E-state index contributed by atoms with van der Waals surface area (Å²) < 4.78 is 11.1. The maximum atomic E-state index is 5.93. The third kappa shape index (κ3) is 6.99. The van der Waals surface area contributed by atoms with Gasteiger partial charge in [-0.05, 0) is 26.0 Å². The number of rotatable bonds is 7. The zero-order valence-electron chi connectivity index (χ0n) is 15.9. The molecule has 0 aliphatic rings. The van der Waals surface area contributed by atoms with Crippen molar-refractivity contribution in [2.24, 2.45) is 4.99 Å². The summed E-state index contributed by atoms with van der Waals surface area (Å²) in [6.45, 7) is 5.39. The number of thiazole rings is 1. The minimum atomic E-state index is -0.0150. The number of aromatic nitrogens is 1. The standard InChI is InChI=1S/C18H26N4O2S.HI/c1-13(24-17-8-6-7-16(9-17)23-5)10-20-18(19-3)22(4)11-15-12-25-14(2)21-15;/h6-9,12-13H,10-11H2,1-5H3,(H,19,20);1H. The number of aryl methyl sites for hydroxylation is 1. The number of aliphatic imine (C=N–C) groups is 1. The Kier molecular flexibility index (Phi) is 9.71. The Morgan fingerprint density at radius 2 is 2.12 bits per heavy atom. The molecule has 0 saturated heterocycles. The highest BCUT2D eigenvalue weighted by atomic mass is 127. The van der Waals surface area contributed by atoms with Crippen molar-refractivity contribution in [3.63, 3.8) is 0 Å². The minimum absolute atomic E-state index is 0. The Balaban J connectivity index is 0.00000338. The molecule has 0 fully saturated rings. The molecule has 1 N–H and O–H groups in total. The predicted octanol–water partition coefficient (Wildman–Crippen LogP) is 3.55. The highest BCUT2D eigenvalue weighted by Gasteiger charge is 2.11. The second kappa shape index (κ2) is 11.2. The molecule has 144 valence electrons. The largest absolute Gasteiger partial charge is 0.497 e. The van der Waals surface area contributed by atoms with E-state index in [9.17, 15) is 0 Å². The van der Waals surface area contributed by atoms with Gasteiger partial charge in [-0.15, -0.1) is 35.3 Å². The predicted molar refractivity (Wildman–Crippen MR) is 118 cm³/mol. The summed E-state index contributed by atoms with van der Waals surface area (Å²) in [5.74, 6) is 2.38. The maximum absolute atomic E-state index is 5.93. The molecule has 1 heterocycles. The molecule has 2 aromatic rings. The summed E-state index contributed by atoms with van der Waals surface area (Å²) in [5.41, 5.74) is 1.05. The monoisotopic (exact) mass is 490 g/mol. The van der Waals surface area contributed by atoms with Crippen LogP contribution in [0.3, 0.4) is 0 Å². The molecule has 1 unspecified atom stereocenters. The second-order valence-corrected chi connectivity index (χ2v) is 6.81. The summed E-state index contributed by atoms with van der Waals surface area (Å²) in [4.78, 5) is 10.9. The molecular weight excluding hydrogens is 463 g/mol. The van der Waals surface area contributed by atoms with E-state index in [1.54, 1.807) is 25.5 Å². The van der Waals surface area contributed by atoms with Gasteiger partial charge in [-0.3, -0.25) is 4.99 Å². The zero-order valence-corrected chi connectivity index (χ0v) is 19.0. The van der Waals surface area contributed by atoms with Gasteiger partial charge in [-0.25, -0.2) is 4.98 Å². The molecule has 2 rings (SSSR count). The zero-order chi connectivity index (χ0) is 18.2. The van der Waals surface area contributed by atoms with E-state index in [1.807, 2.05) is 50.1 Å². The minimum Gasteiger partial charge on any atom is -0.497 e. The molecule has 0 spiro atoms. The van der Waals surface area contributed by atoms with Gasteiger partial charge >= 0.3 is 0 Å². The summed E-state index contributed by atoms with van der Waals surface area (Å²) in [7, 11) is 5.42. The number of benzene rings is 1. The number of hydrogen-bond acceptors (Lipinski definition) is 5. The lowest BCUT2D eigenvalue weighted by Gasteiger charge is -2.23. The van der Waals surface area contributed by atoms with Crippen molar-refractivity contribution in [2.75, 3.05) is 27.7 Å². The molecular formula is C18H27IN4O2S. The number of guanidine groups is 1. The van der Waals surface area contributed by atoms with Gasteiger partial charge in [-0.1, -0.05) is 6.07 Å². The molecule has 0 aliphatic heterocycles. The van der Waals surface area contributed by atoms with Gasteiger partial charge < -0.3 is 19.7 Å². The van der Waals surface area contributed by atoms with E-state index in [4.69, 9.17) is 9.47 Å². The molecule has 1 aromatic carbocycles. The Bertz CT molecular complexity index is 708. The molecule has 0 amide bonds. The molecule has 1 aromatic heterocycles. The van der Waals surface area contributed by atoms with Crippen LogP contribution in [0.2, 0.25) is 0 Å². The van der Waals surface area contributed by atoms with E-state index in [0.29, 0.717) is 6.54 Å². The second-order valence-electron chi connectivity index (χ2n) is 5.75. The van der Waals surface area contributed by atoms with E-state index >= 15 is 0 Å². The Morgan fingerprint density at radius 3 is 2.73 bits per heavy atom. The summed E-state index contributed by atoms with van der Waals surface area (Å²) in [5, 5.41) is 6.49. The van der Waals surface area contributed by atoms with Gasteiger partial charge in [0.05, 0.1) is 30.9 Å². The molecule has 1 atom stereocenters. The lowest BCUT2D eigenvalue weighted by molar-refractivity contribution is 0.221. The van der Waals surface area contributed by atoms with Gasteiger partial charge in [0, 0.05) is 25.5 Å². The number of nitrogens with one attached hydrogen (secondary N) is 1. The fraction of sp³-hybridized carbons (Fsp3) is 0.444. The first-order chi connectivity index (χ1) is 12.0. The maximum Gasteiger partial charge on any atom is 0.193 e. The molecule has 0 saturated carbocycles. The first-order valence-corrected chi connectivity index (χ1v) is 9.03. The number of halogens is 1. The summed E-state index contributed by atoms with van der Waals surface area (Å²) >= 11 is 1.66. The quantitative estimate of drug-likeness (QED) is 0.366. The molecule has 0 radical (unpaired) electrons. The van der Waals surface area contributed by atoms with Crippen molar-refractivity contribution in [3.05, 3.63) is 40.3 Å². The van der Waals surface area contributed by atoms with Crippen molar-refractivity contribution in [1.29, 1.82) is 0 Å². The van der Waals surface area contributed by atoms with Gasteiger partial charge in [0.15, 0.2) is 5.96 Å². The van der Waals surface area contributed by atoms with Crippen molar-refractivity contribution < 1.29 is 9.47 Å². The lowest BCUT2D eigenvalue weighted by atomic mass is 10.3. The summed E-state index contributed by atoms with van der Waals surface area (Å²) in [6, 6.07) is 7.61. The van der Waals surface area contributed by atoms with Gasteiger partial charge in [0.1, 0.15) is 17.6 Å². The topological polar surface area (TPSA) is 59.0 Å². The average Bonchev–Trinajstić information content (AvgIpc) is 3.00. The van der Waals surface area contributed by atoms with Crippen LogP contribution in [0.25, 0.3) is 0 Å². The fourth-order valence-electron chi connectivity index (χ4n) is 2.37. The highest BCUT2D eigenvalue weighted by Crippen LogP contribution is 2.19. The SMILES string of the molecule is CN=C(NCC(C)Oc1cccc(OC)c1)N(C)Cc1csc(C)n1.I. The number of methoxy groups -OCH3 is 1. The van der Waals surface area contributed by atoms with E-state index in [-0.39, 0.29) is 30.1 Å². The van der Waals surface area contributed by atoms with E-state index in [1.165, 1.54) is 0 Å². The normalized spacial score (nSPS) is 12.1. The third-order valence-electron chi connectivity index (χ3n) is 3.57. The van der Waals surface area contributed by atoms with Crippen molar-refractivity contribution >= 4 is 41.3 Å². The van der Waals surface area contributed by atoms with Crippen LogP contribution < -0.4 is 14.8 Å². The molecule has 8 heteroatoms. The van der Waals surface area contributed by atoms with Gasteiger partial charge in [0.25, 0.3) is 0 Å². The van der Waals surface area contributed by atoms with Crippen LogP contribution in [-0.2, 0) is 6.54 Å². The Hall–Kier alpha value is -1.55. The first kappa shape index (κ1) is 22.5. The summed E-state index contributed by atoms with van der Waals surface area (Å²) in [6.07, 6.45) is -0.0150. The van der Waals surface area contributed by atoms with Crippen LogP contribution in [0.15, 0.2) is 34.6 Å². The first-order valence-electron chi connectivity index (χ1n) is 8.15. The van der Waals surface area contributed by atoms with Crippen molar-refractivity contribution in [2.45, 2.75) is 26.5 Å². The van der Waals surface area contributed by atoms with Gasteiger partial charge in [-0.2, -0.15) is 0 Å². The highest BCUT2D eigenvalue weighted by molar-refractivity contribution is 14.0. The molecule has 26 heavy (non-hydrogen) atoms. The van der Waals surface area contributed by atoms with Crippen LogP contribution in [0.5, 0.6) is 11.5 Å². The Labute approximate surface area is 176 Å². The number of nitrogens with zero attached hydrogens (tertiary/aromatic N) is 3. The van der Waals surface area contributed by atoms with E-state index < -0.39 is 0 Å². The van der Waals surface area contributed by atoms with Crippen LogP contribution in [0.1, 0.15) is 17.6 Å². The number of ether oxygens (including phenoxy) is 2. The van der Waals surface area contributed by atoms with Crippen molar-refractivity contribution in [1.82, 2.24) is 15.2 Å². The van der Waals surface area contributed by atoms with Crippen LogP contribution >= 0.6 is 35.3 Å². The van der Waals surface area contributed by atoms with Gasteiger partial charge in [0.2, 0.25) is 0 Å². The average molecular weight is 490 g/mol. The van der Waals surface area contributed by atoms with Crippen LogP contribution in [-0.4, -0.2) is 49.7 Å². The number of hydrogen-bond donors (Lipinski definition) is 1. The fourth-order valence-corrected chi connectivity index (χ4v) is 2.97.